The van der Waals surface area contributed by atoms with Crippen molar-refractivity contribution in [2.75, 3.05) is 5.32 Å². The van der Waals surface area contributed by atoms with Gasteiger partial charge < -0.3 is 11.1 Å². The van der Waals surface area contributed by atoms with E-state index in [9.17, 15) is 4.79 Å². The van der Waals surface area contributed by atoms with Crippen molar-refractivity contribution in [3.05, 3.63) is 35.7 Å². The van der Waals surface area contributed by atoms with Gasteiger partial charge in [0.1, 0.15) is 0 Å². The number of fused-ring (bicyclic) bond motifs is 1. The Bertz CT molecular complexity index is 806. The normalized spacial score (nSPS) is 25.9. The van der Waals surface area contributed by atoms with E-state index in [2.05, 4.69) is 23.4 Å². The van der Waals surface area contributed by atoms with Crippen LogP contribution in [0.25, 0.3) is 11.1 Å². The van der Waals surface area contributed by atoms with Crippen LogP contribution in [-0.4, -0.2) is 21.6 Å². The summed E-state index contributed by atoms with van der Waals surface area (Å²) in [4.78, 5) is 12.5. The third-order valence-electron chi connectivity index (χ3n) is 5.53. The van der Waals surface area contributed by atoms with E-state index in [0.717, 1.165) is 33.9 Å². The Hall–Kier alpha value is -2.14. The van der Waals surface area contributed by atoms with E-state index in [-0.39, 0.29) is 11.8 Å². The number of carbonyl (C=O) groups is 1. The molecular formula is C19H24N4O. The lowest BCUT2D eigenvalue weighted by molar-refractivity contribution is 0.101. The van der Waals surface area contributed by atoms with Crippen LogP contribution in [0, 0.1) is 11.8 Å². The lowest BCUT2D eigenvalue weighted by atomic mass is 9.78. The molecular weight excluding hydrogens is 300 g/mol. The fourth-order valence-electron chi connectivity index (χ4n) is 4.07. The summed E-state index contributed by atoms with van der Waals surface area (Å²) in [7, 11) is 1.88. The Kier molecular flexibility index (Phi) is 3.49. The van der Waals surface area contributed by atoms with E-state index in [1.807, 2.05) is 19.3 Å². The van der Waals surface area contributed by atoms with Gasteiger partial charge >= 0.3 is 0 Å². The van der Waals surface area contributed by atoms with E-state index in [4.69, 9.17) is 5.73 Å². The van der Waals surface area contributed by atoms with Gasteiger partial charge in [0.05, 0.1) is 6.20 Å². The SMILES string of the molecule is CC(=O)c1c(-c2cnn(C)c2)ccc2c1[C@H](N)[C@@H](C)[C@H](C1CC1)N2. The number of hydrogen-bond acceptors (Lipinski definition) is 4. The molecule has 0 amide bonds. The number of carbonyl (C=O) groups excluding carboxylic acids is 1. The summed E-state index contributed by atoms with van der Waals surface area (Å²) in [5.41, 5.74) is 11.2. The van der Waals surface area contributed by atoms with Crippen LogP contribution in [0.1, 0.15) is 48.7 Å². The molecule has 4 rings (SSSR count). The summed E-state index contributed by atoms with van der Waals surface area (Å²) in [6.07, 6.45) is 6.29. The molecule has 0 saturated heterocycles. The molecule has 3 N–H and O–H groups in total. The number of aryl methyl sites for hydroxylation is 1. The van der Waals surface area contributed by atoms with Crippen LogP contribution < -0.4 is 11.1 Å². The number of anilines is 1. The van der Waals surface area contributed by atoms with Gasteiger partial charge in [0.15, 0.2) is 5.78 Å². The zero-order valence-electron chi connectivity index (χ0n) is 14.4. The maximum Gasteiger partial charge on any atom is 0.160 e. The summed E-state index contributed by atoms with van der Waals surface area (Å²) in [6.45, 7) is 3.82. The van der Waals surface area contributed by atoms with E-state index in [1.54, 1.807) is 17.8 Å². The number of rotatable bonds is 3. The first kappa shape index (κ1) is 15.4. The highest BCUT2D eigenvalue weighted by Crippen LogP contribution is 2.47. The fourth-order valence-corrected chi connectivity index (χ4v) is 4.07. The molecule has 126 valence electrons. The van der Waals surface area contributed by atoms with E-state index >= 15 is 0 Å². The minimum atomic E-state index is -0.123. The summed E-state index contributed by atoms with van der Waals surface area (Å²) in [5, 5.41) is 7.91. The van der Waals surface area contributed by atoms with E-state index < -0.39 is 0 Å². The van der Waals surface area contributed by atoms with Crippen molar-refractivity contribution in [3.8, 4) is 11.1 Å². The molecule has 0 radical (unpaired) electrons. The highest BCUT2D eigenvalue weighted by atomic mass is 16.1. The molecule has 5 heteroatoms. The Labute approximate surface area is 142 Å². The second kappa shape index (κ2) is 5.45. The smallest absolute Gasteiger partial charge is 0.160 e. The fraction of sp³-hybridized carbons (Fsp3) is 0.474. The Morgan fingerprint density at radius 2 is 2.12 bits per heavy atom. The maximum absolute atomic E-state index is 12.5. The zero-order valence-corrected chi connectivity index (χ0v) is 14.4. The van der Waals surface area contributed by atoms with Crippen molar-refractivity contribution in [2.24, 2.45) is 24.6 Å². The van der Waals surface area contributed by atoms with Crippen molar-refractivity contribution >= 4 is 11.5 Å². The summed E-state index contributed by atoms with van der Waals surface area (Å²) in [6, 6.07) is 4.39. The molecule has 1 aliphatic heterocycles. The number of Topliss-reactive ketones (excluding diaryl/α,β-unsaturated/α-hetero) is 1. The van der Waals surface area contributed by atoms with Gasteiger partial charge in [-0.15, -0.1) is 0 Å². The quantitative estimate of drug-likeness (QED) is 0.851. The highest BCUT2D eigenvalue weighted by Gasteiger charge is 2.42. The molecule has 1 fully saturated rings. The first-order valence-electron chi connectivity index (χ1n) is 8.66. The number of ketones is 1. The van der Waals surface area contributed by atoms with Crippen molar-refractivity contribution in [1.82, 2.24) is 9.78 Å². The Morgan fingerprint density at radius 1 is 1.38 bits per heavy atom. The molecule has 1 aromatic carbocycles. The van der Waals surface area contributed by atoms with Gasteiger partial charge in [-0.3, -0.25) is 9.48 Å². The standard InChI is InChI=1S/C19H24N4O/c1-10-18(20)17-15(22-19(10)12-4-5-12)7-6-14(16(17)11(2)24)13-8-21-23(3)9-13/h6-10,12,18-19,22H,4-5,20H2,1-3H3/t10-,18-,19-/m1/s1. The van der Waals surface area contributed by atoms with Gasteiger partial charge in [-0.25, -0.2) is 0 Å². The van der Waals surface area contributed by atoms with E-state index in [0.29, 0.717) is 12.0 Å². The van der Waals surface area contributed by atoms with Crippen LogP contribution in [0.3, 0.4) is 0 Å². The summed E-state index contributed by atoms with van der Waals surface area (Å²) >= 11 is 0. The van der Waals surface area contributed by atoms with E-state index in [1.165, 1.54) is 12.8 Å². The number of hydrogen-bond donors (Lipinski definition) is 2. The van der Waals surface area contributed by atoms with Gasteiger partial charge in [0.25, 0.3) is 0 Å². The summed E-state index contributed by atoms with van der Waals surface area (Å²) in [5.74, 6) is 1.09. The average molecular weight is 324 g/mol. The highest BCUT2D eigenvalue weighted by molar-refractivity contribution is 6.04. The van der Waals surface area contributed by atoms with Crippen LogP contribution in [0.4, 0.5) is 5.69 Å². The van der Waals surface area contributed by atoms with Crippen LogP contribution >= 0.6 is 0 Å². The third-order valence-corrected chi connectivity index (χ3v) is 5.53. The lowest BCUT2D eigenvalue weighted by Crippen LogP contribution is -2.42. The molecule has 0 spiro atoms. The largest absolute Gasteiger partial charge is 0.381 e. The molecule has 0 unspecified atom stereocenters. The number of nitrogens with zero attached hydrogens (tertiary/aromatic N) is 2. The predicted octanol–water partition coefficient (Wildman–Crippen LogP) is 3.13. The predicted molar refractivity (Wildman–Crippen MR) is 94.9 cm³/mol. The summed E-state index contributed by atoms with van der Waals surface area (Å²) < 4.78 is 1.75. The minimum absolute atomic E-state index is 0.0556. The number of benzene rings is 1. The molecule has 1 aromatic heterocycles. The maximum atomic E-state index is 12.5. The first-order chi connectivity index (χ1) is 11.5. The second-order valence-corrected chi connectivity index (χ2v) is 7.30. The van der Waals surface area contributed by atoms with Crippen LogP contribution in [0.15, 0.2) is 24.5 Å². The van der Waals surface area contributed by atoms with Crippen molar-refractivity contribution in [3.63, 3.8) is 0 Å². The van der Waals surface area contributed by atoms with Crippen molar-refractivity contribution in [2.45, 2.75) is 38.8 Å². The van der Waals surface area contributed by atoms with Gasteiger partial charge in [-0.1, -0.05) is 13.0 Å². The molecule has 5 nitrogen and oxygen atoms in total. The lowest BCUT2D eigenvalue weighted by Gasteiger charge is -2.39. The monoisotopic (exact) mass is 324 g/mol. The topological polar surface area (TPSA) is 72.9 Å². The van der Waals surface area contributed by atoms with Gasteiger partial charge in [-0.05, 0) is 43.2 Å². The van der Waals surface area contributed by atoms with Crippen molar-refractivity contribution < 1.29 is 4.79 Å². The Balaban J connectivity index is 1.87. The minimum Gasteiger partial charge on any atom is -0.381 e. The number of nitrogens with one attached hydrogen (secondary N) is 1. The van der Waals surface area contributed by atoms with Crippen LogP contribution in [0.5, 0.6) is 0 Å². The molecule has 2 aromatic rings. The van der Waals surface area contributed by atoms with Crippen LogP contribution in [0.2, 0.25) is 0 Å². The molecule has 3 atom stereocenters. The number of nitrogens with two attached hydrogens (primary N) is 1. The molecule has 1 aliphatic carbocycles. The van der Waals surface area contributed by atoms with Gasteiger partial charge in [0.2, 0.25) is 0 Å². The first-order valence-corrected chi connectivity index (χ1v) is 8.66. The molecule has 2 heterocycles. The Morgan fingerprint density at radius 3 is 2.71 bits per heavy atom. The molecule has 24 heavy (non-hydrogen) atoms. The van der Waals surface area contributed by atoms with Gasteiger partial charge in [0, 0.05) is 47.7 Å². The van der Waals surface area contributed by atoms with Crippen molar-refractivity contribution in [1.29, 1.82) is 0 Å². The zero-order chi connectivity index (χ0) is 17.0. The molecule has 2 aliphatic rings. The molecule has 0 bridgehead atoms. The third kappa shape index (κ3) is 2.35. The number of aromatic nitrogens is 2. The average Bonchev–Trinajstić information content (AvgIpc) is 3.30. The second-order valence-electron chi connectivity index (χ2n) is 7.30. The van der Waals surface area contributed by atoms with Crippen LogP contribution in [-0.2, 0) is 7.05 Å². The molecule has 1 saturated carbocycles. The van der Waals surface area contributed by atoms with Gasteiger partial charge in [-0.2, -0.15) is 5.10 Å².